The lowest BCUT2D eigenvalue weighted by atomic mass is 10.2. The van der Waals surface area contributed by atoms with E-state index in [1.807, 2.05) is 12.1 Å². The van der Waals surface area contributed by atoms with Crippen LogP contribution in [0.3, 0.4) is 0 Å². The second kappa shape index (κ2) is 6.03. The third kappa shape index (κ3) is 3.43. The van der Waals surface area contributed by atoms with E-state index in [0.29, 0.717) is 12.5 Å². The number of ether oxygens (including phenoxy) is 1. The van der Waals surface area contributed by atoms with Crippen LogP contribution < -0.4 is 10.5 Å². The summed E-state index contributed by atoms with van der Waals surface area (Å²) in [6.07, 6.45) is 2.06. The molecule has 3 heteroatoms. The minimum Gasteiger partial charge on any atom is -0.493 e. The Morgan fingerprint density at radius 3 is 2.67 bits per heavy atom. The van der Waals surface area contributed by atoms with E-state index in [1.54, 1.807) is 11.8 Å². The van der Waals surface area contributed by atoms with Crippen LogP contribution in [0, 0.1) is 5.92 Å². The van der Waals surface area contributed by atoms with E-state index >= 15 is 0 Å². The number of thioether (sulfide) groups is 1. The van der Waals surface area contributed by atoms with Crippen LogP contribution in [0.2, 0.25) is 0 Å². The molecule has 0 saturated carbocycles. The molecule has 1 rings (SSSR count). The van der Waals surface area contributed by atoms with Crippen molar-refractivity contribution in [1.82, 2.24) is 0 Å². The largest absolute Gasteiger partial charge is 0.493 e. The van der Waals surface area contributed by atoms with Gasteiger partial charge in [-0.2, -0.15) is 0 Å². The average Bonchev–Trinajstić information content (AvgIpc) is 2.25. The van der Waals surface area contributed by atoms with Crippen molar-refractivity contribution in [3.8, 4) is 5.75 Å². The fraction of sp³-hybridized carbons (Fsp3) is 0.500. The smallest absolute Gasteiger partial charge is 0.124 e. The molecule has 0 aliphatic rings. The van der Waals surface area contributed by atoms with Crippen LogP contribution in [0.25, 0.3) is 0 Å². The number of rotatable bonds is 5. The first-order valence-corrected chi connectivity index (χ1v) is 6.40. The fourth-order valence-electron chi connectivity index (χ4n) is 1.33. The molecular formula is C12H19NOS. The number of nitrogens with two attached hydrogens (primary N) is 1. The molecule has 0 fully saturated rings. The zero-order valence-corrected chi connectivity index (χ0v) is 10.4. The van der Waals surface area contributed by atoms with E-state index < -0.39 is 0 Å². The number of hydrogen-bond acceptors (Lipinski definition) is 3. The van der Waals surface area contributed by atoms with Crippen LogP contribution in [-0.2, 0) is 6.54 Å². The highest BCUT2D eigenvalue weighted by Crippen LogP contribution is 2.28. The van der Waals surface area contributed by atoms with Crippen molar-refractivity contribution < 1.29 is 4.74 Å². The molecule has 0 radical (unpaired) electrons. The normalized spacial score (nSPS) is 10.7. The maximum atomic E-state index is 5.74. The topological polar surface area (TPSA) is 35.2 Å². The lowest BCUT2D eigenvalue weighted by Gasteiger charge is -2.14. The molecule has 0 aliphatic carbocycles. The second-order valence-corrected chi connectivity index (χ2v) is 4.69. The van der Waals surface area contributed by atoms with Crippen LogP contribution in [-0.4, -0.2) is 12.9 Å². The monoisotopic (exact) mass is 225 g/mol. The van der Waals surface area contributed by atoms with Crippen molar-refractivity contribution in [2.75, 3.05) is 12.9 Å². The summed E-state index contributed by atoms with van der Waals surface area (Å²) >= 11 is 1.71. The van der Waals surface area contributed by atoms with Crippen molar-refractivity contribution in [1.29, 1.82) is 0 Å². The first-order valence-electron chi connectivity index (χ1n) is 5.17. The third-order valence-electron chi connectivity index (χ3n) is 2.09. The van der Waals surface area contributed by atoms with Gasteiger partial charge in [0.05, 0.1) is 6.61 Å². The van der Waals surface area contributed by atoms with E-state index in [4.69, 9.17) is 10.5 Å². The molecule has 0 amide bonds. The van der Waals surface area contributed by atoms with Crippen molar-refractivity contribution in [3.05, 3.63) is 23.8 Å². The van der Waals surface area contributed by atoms with Gasteiger partial charge >= 0.3 is 0 Å². The molecule has 15 heavy (non-hydrogen) atoms. The first kappa shape index (κ1) is 12.4. The minimum atomic E-state index is 0.532. The average molecular weight is 225 g/mol. The van der Waals surface area contributed by atoms with E-state index in [-0.39, 0.29) is 0 Å². The lowest BCUT2D eigenvalue weighted by molar-refractivity contribution is 0.268. The van der Waals surface area contributed by atoms with Gasteiger partial charge in [0, 0.05) is 17.0 Å². The summed E-state index contributed by atoms with van der Waals surface area (Å²) < 4.78 is 5.74. The van der Waals surface area contributed by atoms with Crippen LogP contribution in [0.4, 0.5) is 0 Å². The summed E-state index contributed by atoms with van der Waals surface area (Å²) in [6, 6.07) is 6.08. The predicted molar refractivity (Wildman–Crippen MR) is 66.4 cm³/mol. The van der Waals surface area contributed by atoms with E-state index in [1.165, 1.54) is 4.90 Å². The Kier molecular flexibility index (Phi) is 4.99. The molecular weight excluding hydrogens is 206 g/mol. The summed E-state index contributed by atoms with van der Waals surface area (Å²) in [4.78, 5) is 1.21. The molecule has 84 valence electrons. The Hall–Kier alpha value is -0.670. The molecule has 0 spiro atoms. The zero-order valence-electron chi connectivity index (χ0n) is 9.62. The quantitative estimate of drug-likeness (QED) is 0.783. The molecule has 0 aliphatic heterocycles. The van der Waals surface area contributed by atoms with Crippen LogP contribution in [0.15, 0.2) is 23.1 Å². The van der Waals surface area contributed by atoms with Gasteiger partial charge in [0.15, 0.2) is 0 Å². The SMILES string of the molecule is CSc1cccc(OCC(C)C)c1CN. The molecule has 1 aromatic carbocycles. The van der Waals surface area contributed by atoms with Gasteiger partial charge in [-0.25, -0.2) is 0 Å². The number of hydrogen-bond donors (Lipinski definition) is 1. The highest BCUT2D eigenvalue weighted by atomic mass is 32.2. The van der Waals surface area contributed by atoms with Gasteiger partial charge in [0.25, 0.3) is 0 Å². The highest BCUT2D eigenvalue weighted by molar-refractivity contribution is 7.98. The lowest BCUT2D eigenvalue weighted by Crippen LogP contribution is -2.08. The standard InChI is InChI=1S/C12H19NOS/c1-9(2)8-14-11-5-4-6-12(15-3)10(11)7-13/h4-6,9H,7-8,13H2,1-3H3. The van der Waals surface area contributed by atoms with Gasteiger partial charge in [0.2, 0.25) is 0 Å². The Bertz CT molecular complexity index is 312. The summed E-state index contributed by atoms with van der Waals surface area (Å²) in [6.45, 7) is 5.55. The Morgan fingerprint density at radius 1 is 1.40 bits per heavy atom. The van der Waals surface area contributed by atoms with Gasteiger partial charge in [0.1, 0.15) is 5.75 Å². The van der Waals surface area contributed by atoms with Gasteiger partial charge in [-0.15, -0.1) is 11.8 Å². The van der Waals surface area contributed by atoms with Crippen molar-refractivity contribution in [2.45, 2.75) is 25.3 Å². The first-order chi connectivity index (χ1) is 7.19. The predicted octanol–water partition coefficient (Wildman–Crippen LogP) is 2.90. The molecule has 0 unspecified atom stereocenters. The Morgan fingerprint density at radius 2 is 2.13 bits per heavy atom. The van der Waals surface area contributed by atoms with Crippen molar-refractivity contribution in [2.24, 2.45) is 11.7 Å². The van der Waals surface area contributed by atoms with Gasteiger partial charge in [-0.1, -0.05) is 19.9 Å². The summed E-state index contributed by atoms with van der Waals surface area (Å²) in [5.74, 6) is 1.46. The van der Waals surface area contributed by atoms with Crippen LogP contribution in [0.1, 0.15) is 19.4 Å². The van der Waals surface area contributed by atoms with E-state index in [2.05, 4.69) is 26.2 Å². The molecule has 0 bridgehead atoms. The molecule has 0 atom stereocenters. The third-order valence-corrected chi connectivity index (χ3v) is 2.91. The maximum absolute atomic E-state index is 5.74. The Balaban J connectivity index is 2.86. The summed E-state index contributed by atoms with van der Waals surface area (Å²) in [5.41, 5.74) is 6.86. The summed E-state index contributed by atoms with van der Waals surface area (Å²) in [5, 5.41) is 0. The molecule has 0 saturated heterocycles. The van der Waals surface area contributed by atoms with E-state index in [9.17, 15) is 0 Å². The van der Waals surface area contributed by atoms with Gasteiger partial charge in [-0.05, 0) is 24.3 Å². The van der Waals surface area contributed by atoms with Gasteiger partial charge in [-0.3, -0.25) is 0 Å². The Labute approximate surface area is 96.2 Å². The molecule has 2 nitrogen and oxygen atoms in total. The van der Waals surface area contributed by atoms with Crippen molar-refractivity contribution in [3.63, 3.8) is 0 Å². The van der Waals surface area contributed by atoms with Crippen molar-refractivity contribution >= 4 is 11.8 Å². The highest BCUT2D eigenvalue weighted by Gasteiger charge is 2.07. The van der Waals surface area contributed by atoms with Gasteiger partial charge < -0.3 is 10.5 Å². The zero-order chi connectivity index (χ0) is 11.3. The second-order valence-electron chi connectivity index (χ2n) is 3.85. The molecule has 2 N–H and O–H groups in total. The summed E-state index contributed by atoms with van der Waals surface area (Å²) in [7, 11) is 0. The molecule has 0 heterocycles. The fourth-order valence-corrected chi connectivity index (χ4v) is 1.97. The maximum Gasteiger partial charge on any atom is 0.124 e. The van der Waals surface area contributed by atoms with Crippen LogP contribution in [0.5, 0.6) is 5.75 Å². The minimum absolute atomic E-state index is 0.532. The molecule has 1 aromatic rings. The van der Waals surface area contributed by atoms with E-state index in [0.717, 1.165) is 17.9 Å². The number of benzene rings is 1. The van der Waals surface area contributed by atoms with Crippen LogP contribution >= 0.6 is 11.8 Å². The molecule has 0 aromatic heterocycles.